The third-order valence-electron chi connectivity index (χ3n) is 3.41. The third kappa shape index (κ3) is 4.92. The summed E-state index contributed by atoms with van der Waals surface area (Å²) in [5.74, 6) is 1.33. The normalized spacial score (nSPS) is 11.0. The molecule has 0 aliphatic carbocycles. The van der Waals surface area contributed by atoms with Crippen LogP contribution in [-0.2, 0) is 6.61 Å². The van der Waals surface area contributed by atoms with Gasteiger partial charge < -0.3 is 9.47 Å². The Hall–Kier alpha value is -2.19. The first-order valence-electron chi connectivity index (χ1n) is 7.88. The summed E-state index contributed by atoms with van der Waals surface area (Å²) in [5.41, 5.74) is 1.93. The quantitative estimate of drug-likeness (QED) is 0.462. The van der Waals surface area contributed by atoms with Crippen LogP contribution >= 0.6 is 31.9 Å². The zero-order chi connectivity index (χ0) is 18.4. The molecule has 26 heavy (non-hydrogen) atoms. The molecule has 8 heteroatoms. The van der Waals surface area contributed by atoms with E-state index in [0.717, 1.165) is 20.1 Å². The van der Waals surface area contributed by atoms with Crippen LogP contribution in [0.5, 0.6) is 11.5 Å². The molecule has 0 saturated carbocycles. The van der Waals surface area contributed by atoms with Gasteiger partial charge >= 0.3 is 0 Å². The van der Waals surface area contributed by atoms with Gasteiger partial charge in [0.15, 0.2) is 11.5 Å². The molecule has 2 aromatic carbocycles. The summed E-state index contributed by atoms with van der Waals surface area (Å²) in [5, 5.41) is 11.7. The number of hydrogen-bond acceptors (Lipinski definition) is 5. The Kier molecular flexibility index (Phi) is 6.40. The van der Waals surface area contributed by atoms with Crippen LogP contribution < -0.4 is 9.47 Å². The van der Waals surface area contributed by atoms with E-state index in [2.05, 4.69) is 47.2 Å². The van der Waals surface area contributed by atoms with E-state index >= 15 is 0 Å². The zero-order valence-electron chi connectivity index (χ0n) is 14.0. The highest BCUT2D eigenvalue weighted by Crippen LogP contribution is 2.34. The Morgan fingerprint density at radius 3 is 2.42 bits per heavy atom. The van der Waals surface area contributed by atoms with Crippen LogP contribution in [0.25, 0.3) is 0 Å². The Bertz CT molecular complexity index is 881. The zero-order valence-corrected chi connectivity index (χ0v) is 17.1. The van der Waals surface area contributed by atoms with Crippen LogP contribution in [0.1, 0.15) is 18.1 Å². The molecule has 0 unspecified atom stereocenters. The number of benzene rings is 2. The van der Waals surface area contributed by atoms with Crippen molar-refractivity contribution >= 4 is 38.1 Å². The summed E-state index contributed by atoms with van der Waals surface area (Å²) < 4.78 is 15.1. The van der Waals surface area contributed by atoms with E-state index in [0.29, 0.717) is 24.7 Å². The number of ether oxygens (including phenoxy) is 2. The van der Waals surface area contributed by atoms with Crippen LogP contribution in [0.3, 0.4) is 0 Å². The highest BCUT2D eigenvalue weighted by Gasteiger charge is 2.10. The van der Waals surface area contributed by atoms with Crippen molar-refractivity contribution in [2.24, 2.45) is 5.10 Å². The van der Waals surface area contributed by atoms with Gasteiger partial charge in [0.1, 0.15) is 19.3 Å². The van der Waals surface area contributed by atoms with Crippen molar-refractivity contribution in [3.63, 3.8) is 0 Å². The van der Waals surface area contributed by atoms with Crippen LogP contribution in [0.4, 0.5) is 0 Å². The van der Waals surface area contributed by atoms with Crippen LogP contribution in [-0.4, -0.2) is 27.7 Å². The molecule has 1 aromatic heterocycles. The SMILES string of the molecule is CCOc1cc(/C=N\n2cnnc2)c(Br)cc1OCc1ccc(Br)cc1. The Labute approximate surface area is 168 Å². The van der Waals surface area contributed by atoms with Gasteiger partial charge in [-0.05, 0) is 52.7 Å². The van der Waals surface area contributed by atoms with Crippen molar-refractivity contribution in [2.45, 2.75) is 13.5 Å². The Morgan fingerprint density at radius 2 is 1.73 bits per heavy atom. The number of rotatable bonds is 7. The van der Waals surface area contributed by atoms with Gasteiger partial charge in [-0.3, -0.25) is 0 Å². The molecule has 0 radical (unpaired) electrons. The number of halogens is 2. The molecule has 3 rings (SSSR count). The van der Waals surface area contributed by atoms with Gasteiger partial charge in [0.2, 0.25) is 0 Å². The van der Waals surface area contributed by atoms with Gasteiger partial charge in [-0.25, -0.2) is 4.68 Å². The van der Waals surface area contributed by atoms with E-state index in [1.807, 2.05) is 43.3 Å². The summed E-state index contributed by atoms with van der Waals surface area (Å²) in [4.78, 5) is 0. The average molecular weight is 480 g/mol. The lowest BCUT2D eigenvalue weighted by molar-refractivity contribution is 0.269. The topological polar surface area (TPSA) is 61.5 Å². The van der Waals surface area contributed by atoms with Crippen molar-refractivity contribution in [1.29, 1.82) is 0 Å². The second-order valence-corrected chi connectivity index (χ2v) is 7.03. The number of aromatic nitrogens is 3. The molecule has 0 atom stereocenters. The standard InChI is InChI=1S/C18H16Br2N4O2/c1-2-25-17-7-14(9-23-24-11-21-22-12-24)16(20)8-18(17)26-10-13-3-5-15(19)6-4-13/h3-9,11-12H,2,10H2,1H3/b23-9-. The molecule has 3 aromatic rings. The van der Waals surface area contributed by atoms with E-state index < -0.39 is 0 Å². The minimum Gasteiger partial charge on any atom is -0.490 e. The van der Waals surface area contributed by atoms with Crippen molar-refractivity contribution in [3.8, 4) is 11.5 Å². The maximum absolute atomic E-state index is 5.96. The summed E-state index contributed by atoms with van der Waals surface area (Å²) in [6.45, 7) is 2.93. The van der Waals surface area contributed by atoms with Gasteiger partial charge in [0, 0.05) is 14.5 Å². The fraction of sp³-hybridized carbons (Fsp3) is 0.167. The number of hydrogen-bond donors (Lipinski definition) is 0. The maximum Gasteiger partial charge on any atom is 0.162 e. The van der Waals surface area contributed by atoms with E-state index in [9.17, 15) is 0 Å². The first-order valence-corrected chi connectivity index (χ1v) is 9.47. The molecule has 1 heterocycles. The van der Waals surface area contributed by atoms with E-state index in [1.165, 1.54) is 17.3 Å². The van der Waals surface area contributed by atoms with Crippen LogP contribution in [0, 0.1) is 0 Å². The minimum atomic E-state index is 0.452. The summed E-state index contributed by atoms with van der Waals surface area (Å²) in [6, 6.07) is 11.8. The number of nitrogens with zero attached hydrogens (tertiary/aromatic N) is 4. The molecule has 6 nitrogen and oxygen atoms in total. The van der Waals surface area contributed by atoms with Gasteiger partial charge in [-0.2, -0.15) is 5.10 Å². The molecule has 0 bridgehead atoms. The van der Waals surface area contributed by atoms with Crippen molar-refractivity contribution in [1.82, 2.24) is 14.9 Å². The Balaban J connectivity index is 1.80. The highest BCUT2D eigenvalue weighted by molar-refractivity contribution is 9.10. The average Bonchev–Trinajstić information content (AvgIpc) is 3.15. The predicted molar refractivity (Wildman–Crippen MR) is 107 cm³/mol. The summed E-state index contributed by atoms with van der Waals surface area (Å²) in [7, 11) is 0. The Morgan fingerprint density at radius 1 is 1.04 bits per heavy atom. The van der Waals surface area contributed by atoms with E-state index in [4.69, 9.17) is 9.47 Å². The lowest BCUT2D eigenvalue weighted by atomic mass is 10.2. The molecule has 0 N–H and O–H groups in total. The smallest absolute Gasteiger partial charge is 0.162 e. The predicted octanol–water partition coefficient (Wildman–Crippen LogP) is 4.66. The lowest BCUT2D eigenvalue weighted by Crippen LogP contribution is -2.01. The van der Waals surface area contributed by atoms with Gasteiger partial charge in [-0.15, -0.1) is 10.2 Å². The molecule has 0 saturated heterocycles. The molecular formula is C18H16Br2N4O2. The summed E-state index contributed by atoms with van der Waals surface area (Å²) >= 11 is 6.99. The van der Waals surface area contributed by atoms with Crippen molar-refractivity contribution < 1.29 is 9.47 Å². The van der Waals surface area contributed by atoms with E-state index in [-0.39, 0.29) is 0 Å². The van der Waals surface area contributed by atoms with Crippen LogP contribution in [0.15, 0.2) is 63.1 Å². The molecule has 0 aliphatic heterocycles. The first-order chi connectivity index (χ1) is 12.7. The van der Waals surface area contributed by atoms with Gasteiger partial charge in [-0.1, -0.05) is 28.1 Å². The first kappa shape index (κ1) is 18.6. The second kappa shape index (κ2) is 8.95. The molecule has 0 spiro atoms. The fourth-order valence-electron chi connectivity index (χ4n) is 2.16. The molecule has 134 valence electrons. The van der Waals surface area contributed by atoms with Crippen molar-refractivity contribution in [2.75, 3.05) is 6.61 Å². The molecule has 0 amide bonds. The van der Waals surface area contributed by atoms with Crippen LogP contribution in [0.2, 0.25) is 0 Å². The van der Waals surface area contributed by atoms with Gasteiger partial charge in [0.05, 0.1) is 12.8 Å². The lowest BCUT2D eigenvalue weighted by Gasteiger charge is -2.14. The molecular weight excluding hydrogens is 464 g/mol. The van der Waals surface area contributed by atoms with E-state index in [1.54, 1.807) is 6.21 Å². The minimum absolute atomic E-state index is 0.452. The molecule has 0 fully saturated rings. The largest absolute Gasteiger partial charge is 0.490 e. The monoisotopic (exact) mass is 478 g/mol. The fourth-order valence-corrected chi connectivity index (χ4v) is 2.85. The second-order valence-electron chi connectivity index (χ2n) is 5.26. The third-order valence-corrected chi connectivity index (χ3v) is 4.62. The summed E-state index contributed by atoms with van der Waals surface area (Å²) in [6.07, 6.45) is 4.74. The maximum atomic E-state index is 5.96. The highest BCUT2D eigenvalue weighted by atomic mass is 79.9. The molecule has 0 aliphatic rings. The van der Waals surface area contributed by atoms with Gasteiger partial charge in [0.25, 0.3) is 0 Å². The van der Waals surface area contributed by atoms with Crippen molar-refractivity contribution in [3.05, 3.63) is 69.1 Å².